The second-order valence-corrected chi connectivity index (χ2v) is 7.52. The zero-order valence-electron chi connectivity index (χ0n) is 12.8. The number of nitrogens with zero attached hydrogens (tertiary/aromatic N) is 2. The van der Waals surface area contributed by atoms with Gasteiger partial charge in [-0.15, -0.1) is 0 Å². The van der Waals surface area contributed by atoms with Gasteiger partial charge in [-0.2, -0.15) is 0 Å². The summed E-state index contributed by atoms with van der Waals surface area (Å²) in [5.74, 6) is 1.26. The van der Waals surface area contributed by atoms with Gasteiger partial charge in [-0.05, 0) is 30.1 Å². The number of carbonyl (C=O) groups excluding carboxylic acids is 1. The maximum atomic E-state index is 12.5. The highest BCUT2D eigenvalue weighted by molar-refractivity contribution is 5.84. The van der Waals surface area contributed by atoms with Gasteiger partial charge in [0.25, 0.3) is 0 Å². The smallest absolute Gasteiger partial charge is 0.357 e. The van der Waals surface area contributed by atoms with E-state index in [2.05, 4.69) is 18.8 Å². The van der Waals surface area contributed by atoms with E-state index in [1.807, 2.05) is 4.90 Å². The normalized spacial score (nSPS) is 32.5. The lowest BCUT2D eigenvalue weighted by atomic mass is 9.90. The van der Waals surface area contributed by atoms with Gasteiger partial charge < -0.3 is 14.4 Å². The average Bonchev–Trinajstić information content (AvgIpc) is 2.88. The number of amides is 1. The zero-order valence-corrected chi connectivity index (χ0v) is 12.8. The second kappa shape index (κ2) is 4.33. The van der Waals surface area contributed by atoms with Gasteiger partial charge in [0, 0.05) is 19.0 Å². The third-order valence-corrected chi connectivity index (χ3v) is 6.00. The molecule has 3 fully saturated rings. The first kappa shape index (κ1) is 13.8. The van der Waals surface area contributed by atoms with E-state index in [4.69, 9.17) is 9.52 Å². The fourth-order valence-corrected chi connectivity index (χ4v) is 4.35. The Morgan fingerprint density at radius 1 is 1.32 bits per heavy atom. The van der Waals surface area contributed by atoms with Crippen molar-refractivity contribution in [2.75, 3.05) is 13.1 Å². The summed E-state index contributed by atoms with van der Waals surface area (Å²) >= 11 is 0. The maximum absolute atomic E-state index is 12.5. The minimum Gasteiger partial charge on any atom is -0.476 e. The van der Waals surface area contributed by atoms with E-state index in [0.29, 0.717) is 24.4 Å². The quantitative estimate of drug-likeness (QED) is 0.923. The SMILES string of the molecule is CC1(C)[C@@H]2CC(C(=O)N3CC(c4nc(C(=O)O)co4)C3)C[C@@H]21. The first-order valence-corrected chi connectivity index (χ1v) is 7.85. The van der Waals surface area contributed by atoms with Gasteiger partial charge >= 0.3 is 5.97 Å². The van der Waals surface area contributed by atoms with Gasteiger partial charge in [0.2, 0.25) is 11.8 Å². The lowest BCUT2D eigenvalue weighted by Gasteiger charge is -2.39. The average molecular weight is 304 g/mol. The first-order chi connectivity index (χ1) is 10.4. The molecule has 6 nitrogen and oxygen atoms in total. The summed E-state index contributed by atoms with van der Waals surface area (Å²) in [6.45, 7) is 5.78. The summed E-state index contributed by atoms with van der Waals surface area (Å²) in [6, 6.07) is 0. The Labute approximate surface area is 128 Å². The molecule has 1 aromatic rings. The van der Waals surface area contributed by atoms with Crippen LogP contribution >= 0.6 is 0 Å². The van der Waals surface area contributed by atoms with Crippen molar-refractivity contribution < 1.29 is 19.1 Å². The van der Waals surface area contributed by atoms with E-state index in [1.165, 1.54) is 0 Å². The minimum absolute atomic E-state index is 0.0319. The number of aromatic nitrogens is 1. The highest BCUT2D eigenvalue weighted by Gasteiger charge is 2.63. The topological polar surface area (TPSA) is 83.6 Å². The van der Waals surface area contributed by atoms with E-state index in [1.54, 1.807) is 0 Å². The fourth-order valence-electron chi connectivity index (χ4n) is 4.35. The van der Waals surface area contributed by atoms with Crippen molar-refractivity contribution in [3.63, 3.8) is 0 Å². The van der Waals surface area contributed by atoms with Crippen LogP contribution in [0.25, 0.3) is 0 Å². The standard InChI is InChI=1S/C16H20N2O4/c1-16(2)10-3-8(4-11(10)16)14(19)18-5-9(6-18)13-17-12(7-22-13)15(20)21/h7-11H,3-6H2,1-2H3,(H,20,21)/t8?,10-,11+. The molecule has 2 aliphatic carbocycles. The van der Waals surface area contributed by atoms with Crippen LogP contribution in [0.3, 0.4) is 0 Å². The van der Waals surface area contributed by atoms with E-state index < -0.39 is 5.97 Å². The number of carboxylic acids is 1. The molecule has 3 aliphatic rings. The largest absolute Gasteiger partial charge is 0.476 e. The van der Waals surface area contributed by atoms with Crippen LogP contribution in [0.15, 0.2) is 10.7 Å². The molecule has 0 bridgehead atoms. The number of fused-ring (bicyclic) bond motifs is 1. The lowest BCUT2D eigenvalue weighted by molar-refractivity contribution is -0.140. The number of carbonyl (C=O) groups is 2. The minimum atomic E-state index is -1.09. The van der Waals surface area contributed by atoms with Crippen LogP contribution in [0, 0.1) is 23.2 Å². The Bertz CT molecular complexity index is 630. The molecule has 118 valence electrons. The van der Waals surface area contributed by atoms with Crippen LogP contribution < -0.4 is 0 Å². The van der Waals surface area contributed by atoms with Crippen molar-refractivity contribution in [3.05, 3.63) is 17.8 Å². The summed E-state index contributed by atoms with van der Waals surface area (Å²) in [7, 11) is 0. The molecule has 1 amide bonds. The summed E-state index contributed by atoms with van der Waals surface area (Å²) < 4.78 is 5.20. The van der Waals surface area contributed by atoms with Gasteiger partial charge in [0.15, 0.2) is 5.69 Å². The van der Waals surface area contributed by atoms with Crippen LogP contribution in [0.1, 0.15) is 49.0 Å². The molecule has 0 spiro atoms. The molecule has 1 aliphatic heterocycles. The Hall–Kier alpha value is -1.85. The molecule has 22 heavy (non-hydrogen) atoms. The molecule has 6 heteroatoms. The molecule has 3 atom stereocenters. The highest BCUT2D eigenvalue weighted by Crippen LogP contribution is 2.68. The predicted octanol–water partition coefficient (Wildman–Crippen LogP) is 1.98. The van der Waals surface area contributed by atoms with Crippen molar-refractivity contribution in [1.82, 2.24) is 9.88 Å². The van der Waals surface area contributed by atoms with Crippen LogP contribution in [0.4, 0.5) is 0 Å². The molecule has 0 aromatic carbocycles. The van der Waals surface area contributed by atoms with Crippen LogP contribution in [-0.2, 0) is 4.79 Å². The third kappa shape index (κ3) is 1.89. The van der Waals surface area contributed by atoms with E-state index in [9.17, 15) is 9.59 Å². The number of likely N-dealkylation sites (tertiary alicyclic amines) is 1. The summed E-state index contributed by atoms with van der Waals surface area (Å²) in [4.78, 5) is 29.1. The molecular formula is C16H20N2O4. The number of hydrogen-bond acceptors (Lipinski definition) is 4. The second-order valence-electron chi connectivity index (χ2n) is 7.52. The van der Waals surface area contributed by atoms with E-state index in [-0.39, 0.29) is 23.4 Å². The van der Waals surface area contributed by atoms with Crippen molar-refractivity contribution in [2.45, 2.75) is 32.6 Å². The van der Waals surface area contributed by atoms with E-state index in [0.717, 1.165) is 30.9 Å². The Morgan fingerprint density at radius 2 is 1.95 bits per heavy atom. The molecule has 1 unspecified atom stereocenters. The Morgan fingerprint density at radius 3 is 2.50 bits per heavy atom. The molecule has 0 radical (unpaired) electrons. The van der Waals surface area contributed by atoms with Gasteiger partial charge in [-0.3, -0.25) is 4.79 Å². The summed E-state index contributed by atoms with van der Waals surface area (Å²) in [5, 5.41) is 8.84. The zero-order chi connectivity index (χ0) is 15.6. The molecule has 2 heterocycles. The highest BCUT2D eigenvalue weighted by atomic mass is 16.4. The molecule has 1 saturated heterocycles. The fraction of sp³-hybridized carbons (Fsp3) is 0.688. The number of oxazole rings is 1. The van der Waals surface area contributed by atoms with Crippen molar-refractivity contribution >= 4 is 11.9 Å². The predicted molar refractivity (Wildman–Crippen MR) is 76.3 cm³/mol. The first-order valence-electron chi connectivity index (χ1n) is 7.85. The van der Waals surface area contributed by atoms with Gasteiger partial charge in [0.05, 0.1) is 5.92 Å². The third-order valence-electron chi connectivity index (χ3n) is 6.00. The van der Waals surface area contributed by atoms with Crippen molar-refractivity contribution in [3.8, 4) is 0 Å². The summed E-state index contributed by atoms with van der Waals surface area (Å²) in [6.07, 6.45) is 3.22. The maximum Gasteiger partial charge on any atom is 0.357 e. The van der Waals surface area contributed by atoms with Crippen LogP contribution in [-0.4, -0.2) is 40.0 Å². The van der Waals surface area contributed by atoms with Crippen LogP contribution in [0.5, 0.6) is 0 Å². The number of hydrogen-bond donors (Lipinski definition) is 1. The molecule has 1 aromatic heterocycles. The van der Waals surface area contributed by atoms with Crippen LogP contribution in [0.2, 0.25) is 0 Å². The van der Waals surface area contributed by atoms with Crippen molar-refractivity contribution in [1.29, 1.82) is 0 Å². The van der Waals surface area contributed by atoms with Crippen molar-refractivity contribution in [2.24, 2.45) is 23.2 Å². The molecule has 2 saturated carbocycles. The summed E-state index contributed by atoms with van der Waals surface area (Å²) in [5.41, 5.74) is 0.373. The lowest BCUT2D eigenvalue weighted by Crippen LogP contribution is -2.50. The molecular weight excluding hydrogens is 284 g/mol. The number of rotatable bonds is 3. The Kier molecular flexibility index (Phi) is 2.72. The van der Waals surface area contributed by atoms with Gasteiger partial charge in [0.1, 0.15) is 6.26 Å². The monoisotopic (exact) mass is 304 g/mol. The van der Waals surface area contributed by atoms with Gasteiger partial charge in [-0.25, -0.2) is 9.78 Å². The molecule has 1 N–H and O–H groups in total. The van der Waals surface area contributed by atoms with Gasteiger partial charge in [-0.1, -0.05) is 13.8 Å². The van der Waals surface area contributed by atoms with E-state index >= 15 is 0 Å². The number of aromatic carboxylic acids is 1. The Balaban J connectivity index is 1.32. The molecule has 4 rings (SSSR count). The number of carboxylic acid groups (broad SMARTS) is 1.